The number of carbonyl (C=O) groups excluding carboxylic acids is 1. The molecule has 0 saturated carbocycles. The van der Waals surface area contributed by atoms with Gasteiger partial charge in [0.2, 0.25) is 5.91 Å². The Hall–Kier alpha value is -4.30. The van der Waals surface area contributed by atoms with Crippen LogP contribution in [0.4, 0.5) is 0 Å². The summed E-state index contributed by atoms with van der Waals surface area (Å²) in [5, 5.41) is 0.837. The van der Waals surface area contributed by atoms with E-state index in [2.05, 4.69) is 14.9 Å². The summed E-state index contributed by atoms with van der Waals surface area (Å²) in [6.45, 7) is 1.67. The molecule has 1 atom stereocenters. The first-order valence-electron chi connectivity index (χ1n) is 12.1. The van der Waals surface area contributed by atoms with Gasteiger partial charge in [0, 0.05) is 42.0 Å². The minimum Gasteiger partial charge on any atom is -0.451 e. The fourth-order valence-electron chi connectivity index (χ4n) is 5.24. The Labute approximate surface area is 207 Å². The van der Waals surface area contributed by atoms with Gasteiger partial charge in [-0.25, -0.2) is 4.79 Å². The number of rotatable bonds is 6. The van der Waals surface area contributed by atoms with Crippen molar-refractivity contribution in [1.29, 1.82) is 0 Å². The van der Waals surface area contributed by atoms with Gasteiger partial charge in [-0.3, -0.25) is 19.2 Å². The number of fused-ring (bicyclic) bond motifs is 3. The first kappa shape index (κ1) is 22.2. The van der Waals surface area contributed by atoms with Gasteiger partial charge < -0.3 is 10.2 Å². The van der Waals surface area contributed by atoms with E-state index in [1.165, 1.54) is 0 Å². The molecule has 1 saturated heterocycles. The topological polar surface area (TPSA) is 107 Å². The van der Waals surface area contributed by atoms with Crippen LogP contribution in [-0.2, 0) is 11.3 Å². The minimum absolute atomic E-state index is 0.299. The predicted octanol–water partition coefficient (Wildman–Crippen LogP) is 3.82. The standard InChI is InChI=1S/C28H25N5O3/c29-27(34)22-10-5-15-32(22)16-17-33-24-21-9-4-8-20(18-11-13-30-14-12-18)25(21)36-26(24)23(31-28(33)35)19-6-2-1-3-7-19/h1-4,6-9,11-14,22H,5,10,15-17H2,(H2,29,34). The SMILES string of the molecule is NC(=O)C1CCCN1CCn1c(=O)nc(-c2ccccc2)c2oc3c(-c4ccncc4)cccc3c21. The summed E-state index contributed by atoms with van der Waals surface area (Å²) >= 11 is 0. The van der Waals surface area contributed by atoms with Gasteiger partial charge in [0.15, 0.2) is 5.58 Å². The van der Waals surface area contributed by atoms with E-state index >= 15 is 0 Å². The molecular formula is C28H25N5O3. The summed E-state index contributed by atoms with van der Waals surface area (Å²) < 4.78 is 8.19. The van der Waals surface area contributed by atoms with Gasteiger partial charge >= 0.3 is 5.69 Å². The maximum Gasteiger partial charge on any atom is 0.348 e. The lowest BCUT2D eigenvalue weighted by molar-refractivity contribution is -0.122. The molecule has 36 heavy (non-hydrogen) atoms. The van der Waals surface area contributed by atoms with E-state index in [1.54, 1.807) is 17.0 Å². The van der Waals surface area contributed by atoms with Crippen LogP contribution in [0.3, 0.4) is 0 Å². The predicted molar refractivity (Wildman–Crippen MR) is 138 cm³/mol. The summed E-state index contributed by atoms with van der Waals surface area (Å²) in [5.41, 5.74) is 10.4. The zero-order chi connectivity index (χ0) is 24.6. The second-order valence-electron chi connectivity index (χ2n) is 9.05. The molecule has 1 aliphatic heterocycles. The molecule has 1 unspecified atom stereocenters. The van der Waals surface area contributed by atoms with Crippen molar-refractivity contribution in [2.24, 2.45) is 5.73 Å². The molecule has 0 bridgehead atoms. The largest absolute Gasteiger partial charge is 0.451 e. The van der Waals surface area contributed by atoms with Gasteiger partial charge in [-0.15, -0.1) is 0 Å². The van der Waals surface area contributed by atoms with Crippen LogP contribution >= 0.6 is 0 Å². The van der Waals surface area contributed by atoms with Crippen LogP contribution in [0.5, 0.6) is 0 Å². The number of likely N-dealkylation sites (tertiary alicyclic amines) is 1. The Balaban J connectivity index is 1.56. The van der Waals surface area contributed by atoms with E-state index < -0.39 is 0 Å². The average molecular weight is 480 g/mol. The minimum atomic E-state index is -0.354. The summed E-state index contributed by atoms with van der Waals surface area (Å²) in [7, 11) is 0. The van der Waals surface area contributed by atoms with Gasteiger partial charge in [-0.1, -0.05) is 42.5 Å². The van der Waals surface area contributed by atoms with Crippen molar-refractivity contribution in [2.45, 2.75) is 25.4 Å². The average Bonchev–Trinajstić information content (AvgIpc) is 3.54. The van der Waals surface area contributed by atoms with E-state index in [0.29, 0.717) is 35.5 Å². The zero-order valence-corrected chi connectivity index (χ0v) is 19.6. The van der Waals surface area contributed by atoms with E-state index in [1.807, 2.05) is 60.7 Å². The van der Waals surface area contributed by atoms with Gasteiger partial charge in [-0.2, -0.15) is 4.98 Å². The lowest BCUT2D eigenvalue weighted by Gasteiger charge is -2.22. The van der Waals surface area contributed by atoms with Crippen molar-refractivity contribution < 1.29 is 9.21 Å². The van der Waals surface area contributed by atoms with Gasteiger partial charge in [-0.05, 0) is 43.1 Å². The third-order valence-electron chi connectivity index (χ3n) is 6.95. The highest BCUT2D eigenvalue weighted by molar-refractivity contribution is 6.10. The van der Waals surface area contributed by atoms with Crippen LogP contribution in [0.15, 0.2) is 82.3 Å². The molecule has 8 heteroatoms. The summed E-state index contributed by atoms with van der Waals surface area (Å²) in [6, 6.07) is 19.1. The van der Waals surface area contributed by atoms with Gasteiger partial charge in [0.05, 0.1) is 6.04 Å². The monoisotopic (exact) mass is 479 g/mol. The van der Waals surface area contributed by atoms with Crippen LogP contribution in [0.1, 0.15) is 12.8 Å². The lowest BCUT2D eigenvalue weighted by Crippen LogP contribution is -2.42. The number of hydrogen-bond acceptors (Lipinski definition) is 6. The van der Waals surface area contributed by atoms with Crippen molar-refractivity contribution in [2.75, 3.05) is 13.1 Å². The molecule has 1 fully saturated rings. The quantitative estimate of drug-likeness (QED) is 0.397. The number of pyridine rings is 1. The smallest absolute Gasteiger partial charge is 0.348 e. The molecule has 0 radical (unpaired) electrons. The van der Waals surface area contributed by atoms with Crippen molar-refractivity contribution >= 4 is 28.0 Å². The number of aromatic nitrogens is 3. The molecule has 5 aromatic rings. The van der Waals surface area contributed by atoms with Crippen molar-refractivity contribution in [3.05, 3.63) is 83.5 Å². The Morgan fingerprint density at radius 3 is 2.56 bits per heavy atom. The van der Waals surface area contributed by atoms with Crippen molar-refractivity contribution in [1.82, 2.24) is 19.4 Å². The second kappa shape index (κ2) is 9.05. The second-order valence-corrected chi connectivity index (χ2v) is 9.05. The Kier molecular flexibility index (Phi) is 5.58. The molecule has 180 valence electrons. The van der Waals surface area contributed by atoms with Gasteiger partial charge in [0.25, 0.3) is 0 Å². The first-order valence-corrected chi connectivity index (χ1v) is 12.1. The van der Waals surface area contributed by atoms with Gasteiger partial charge in [0.1, 0.15) is 16.8 Å². The highest BCUT2D eigenvalue weighted by atomic mass is 16.3. The number of hydrogen-bond donors (Lipinski definition) is 1. The normalized spacial score (nSPS) is 16.2. The number of amides is 1. The number of para-hydroxylation sites is 1. The van der Waals surface area contributed by atoms with Crippen LogP contribution in [0.25, 0.3) is 44.5 Å². The third kappa shape index (κ3) is 3.76. The number of nitrogens with two attached hydrogens (primary N) is 1. The summed E-state index contributed by atoms with van der Waals surface area (Å²) in [6.07, 6.45) is 5.14. The molecule has 2 N–H and O–H groups in total. The maximum atomic E-state index is 13.4. The maximum absolute atomic E-state index is 13.4. The summed E-state index contributed by atoms with van der Waals surface area (Å²) in [5.74, 6) is -0.321. The molecular weight excluding hydrogens is 454 g/mol. The van der Waals surface area contributed by atoms with Crippen LogP contribution in [-0.4, -0.2) is 44.5 Å². The van der Waals surface area contributed by atoms with Crippen molar-refractivity contribution in [3.8, 4) is 22.4 Å². The zero-order valence-electron chi connectivity index (χ0n) is 19.6. The molecule has 3 aromatic heterocycles. The molecule has 4 heterocycles. The van der Waals surface area contributed by atoms with Crippen LogP contribution < -0.4 is 11.4 Å². The van der Waals surface area contributed by atoms with E-state index in [4.69, 9.17) is 10.2 Å². The molecule has 2 aromatic carbocycles. The Morgan fingerprint density at radius 2 is 1.78 bits per heavy atom. The van der Waals surface area contributed by atoms with Crippen molar-refractivity contribution in [3.63, 3.8) is 0 Å². The fraction of sp³-hybridized carbons (Fsp3) is 0.214. The Morgan fingerprint density at radius 1 is 0.972 bits per heavy atom. The number of primary amides is 1. The molecule has 0 spiro atoms. The first-order chi connectivity index (χ1) is 17.6. The molecule has 0 aliphatic carbocycles. The summed E-state index contributed by atoms with van der Waals surface area (Å²) in [4.78, 5) is 36.0. The van der Waals surface area contributed by atoms with Crippen LogP contribution in [0.2, 0.25) is 0 Å². The highest BCUT2D eigenvalue weighted by Gasteiger charge is 2.29. The number of benzene rings is 2. The molecule has 1 amide bonds. The van der Waals surface area contributed by atoms with E-state index in [0.717, 1.165) is 41.5 Å². The number of carbonyl (C=O) groups is 1. The Bertz CT molecular complexity index is 1630. The molecule has 6 rings (SSSR count). The lowest BCUT2D eigenvalue weighted by atomic mass is 10.0. The van der Waals surface area contributed by atoms with E-state index in [-0.39, 0.29) is 17.6 Å². The number of nitrogens with zero attached hydrogens (tertiary/aromatic N) is 4. The highest BCUT2D eigenvalue weighted by Crippen LogP contribution is 2.38. The van der Waals surface area contributed by atoms with Crippen LogP contribution in [0, 0.1) is 0 Å². The number of furan rings is 1. The molecule has 8 nitrogen and oxygen atoms in total. The third-order valence-corrected chi connectivity index (χ3v) is 6.95. The van der Waals surface area contributed by atoms with E-state index in [9.17, 15) is 9.59 Å². The molecule has 1 aliphatic rings. The fourth-order valence-corrected chi connectivity index (χ4v) is 5.24.